The number of fused-ring (bicyclic) bond motifs is 3. The fourth-order valence-electron chi connectivity index (χ4n) is 4.10. The number of ether oxygens (including phenoxy) is 4. The molecule has 2 atom stereocenters. The maximum atomic E-state index is 13.2. The number of hydrogen-bond acceptors (Lipinski definition) is 8. The molecule has 0 radical (unpaired) electrons. The monoisotopic (exact) mass is 452 g/mol. The van der Waals surface area contributed by atoms with Crippen LogP contribution in [0.25, 0.3) is 22.3 Å². The second kappa shape index (κ2) is 8.27. The summed E-state index contributed by atoms with van der Waals surface area (Å²) in [6.07, 6.45) is -2.07. The molecule has 3 aromatic rings. The van der Waals surface area contributed by atoms with Gasteiger partial charge in [-0.05, 0) is 13.8 Å². The van der Waals surface area contributed by atoms with Crippen molar-refractivity contribution in [3.05, 3.63) is 58.3 Å². The Kier molecular flexibility index (Phi) is 5.61. The Bertz CT molecular complexity index is 1290. The Morgan fingerprint density at radius 3 is 2.27 bits per heavy atom. The largest absolute Gasteiger partial charge is 0.496 e. The molecule has 2 aromatic carbocycles. The van der Waals surface area contributed by atoms with Gasteiger partial charge in [-0.2, -0.15) is 0 Å². The van der Waals surface area contributed by atoms with Gasteiger partial charge in [-0.25, -0.2) is 0 Å². The molecule has 0 fully saturated rings. The third kappa shape index (κ3) is 4.04. The fraction of sp³-hybridized carbons (Fsp3) is 0.320. The number of rotatable bonds is 4. The first kappa shape index (κ1) is 22.4. The van der Waals surface area contributed by atoms with E-state index in [1.165, 1.54) is 27.0 Å². The lowest BCUT2D eigenvalue weighted by Crippen LogP contribution is -2.52. The molecule has 4 rings (SSSR count). The first-order valence-corrected chi connectivity index (χ1v) is 10.4. The molecule has 0 N–H and O–H groups in total. The van der Waals surface area contributed by atoms with Crippen molar-refractivity contribution in [2.24, 2.45) is 0 Å². The van der Waals surface area contributed by atoms with Gasteiger partial charge in [-0.1, -0.05) is 30.3 Å². The van der Waals surface area contributed by atoms with Crippen LogP contribution in [0.3, 0.4) is 0 Å². The second-order valence-corrected chi connectivity index (χ2v) is 8.30. The smallest absolute Gasteiger partial charge is 0.303 e. The van der Waals surface area contributed by atoms with Gasteiger partial charge in [0, 0.05) is 31.5 Å². The molecule has 33 heavy (non-hydrogen) atoms. The molecule has 0 amide bonds. The highest BCUT2D eigenvalue weighted by Gasteiger charge is 2.50. The lowest BCUT2D eigenvalue weighted by molar-refractivity contribution is -0.187. The molecule has 1 aliphatic heterocycles. The Labute approximate surface area is 190 Å². The summed E-state index contributed by atoms with van der Waals surface area (Å²) >= 11 is 0. The SMILES string of the molecule is COc1cc2c(c3oc(-c4ccccc4)cc(=O)c13)[C@H](OC(C)=O)[C@@H](OC(C)=O)C(C)(C)O2. The molecule has 0 aliphatic carbocycles. The summed E-state index contributed by atoms with van der Waals surface area (Å²) in [5, 5.41) is 0.165. The number of methoxy groups -OCH3 is 1. The van der Waals surface area contributed by atoms with E-state index in [1.807, 2.05) is 30.3 Å². The van der Waals surface area contributed by atoms with Gasteiger partial charge < -0.3 is 23.4 Å². The minimum Gasteiger partial charge on any atom is -0.496 e. The van der Waals surface area contributed by atoms with Crippen LogP contribution in [0.1, 0.15) is 39.4 Å². The van der Waals surface area contributed by atoms with Crippen LogP contribution in [-0.2, 0) is 19.1 Å². The van der Waals surface area contributed by atoms with Crippen molar-refractivity contribution in [2.45, 2.75) is 45.5 Å². The van der Waals surface area contributed by atoms with E-state index in [2.05, 4.69) is 0 Å². The molecule has 0 bridgehead atoms. The zero-order valence-corrected chi connectivity index (χ0v) is 19.0. The van der Waals surface area contributed by atoms with E-state index in [0.29, 0.717) is 22.6 Å². The molecule has 0 saturated heterocycles. The summed E-state index contributed by atoms with van der Waals surface area (Å²) in [6, 6.07) is 12.0. The van der Waals surface area contributed by atoms with Crippen molar-refractivity contribution in [3.8, 4) is 22.8 Å². The first-order valence-electron chi connectivity index (χ1n) is 10.4. The second-order valence-electron chi connectivity index (χ2n) is 8.30. The van der Waals surface area contributed by atoms with Crippen LogP contribution in [0.4, 0.5) is 0 Å². The topological polar surface area (TPSA) is 101 Å². The van der Waals surface area contributed by atoms with Crippen LogP contribution in [0.5, 0.6) is 11.5 Å². The van der Waals surface area contributed by atoms with Gasteiger partial charge in [0.15, 0.2) is 23.2 Å². The number of esters is 2. The standard InChI is InChI=1S/C25H24O8/c1-13(26)30-23-21-19(33-25(3,4)24(23)31-14(2)27)12-18(29-5)20-16(28)11-17(32-22(20)21)15-9-7-6-8-10-15/h6-12,23-24H,1-5H3/t23-,24+/m0/s1. The molecule has 0 unspecified atom stereocenters. The number of carbonyl (C=O) groups is 2. The van der Waals surface area contributed by atoms with Gasteiger partial charge in [0.25, 0.3) is 0 Å². The minimum absolute atomic E-state index is 0.134. The van der Waals surface area contributed by atoms with E-state index in [-0.39, 0.29) is 22.1 Å². The average Bonchev–Trinajstić information content (AvgIpc) is 2.74. The van der Waals surface area contributed by atoms with E-state index < -0.39 is 29.7 Å². The lowest BCUT2D eigenvalue weighted by Gasteiger charge is -2.43. The molecule has 8 heteroatoms. The Balaban J connectivity index is 2.08. The molecule has 172 valence electrons. The van der Waals surface area contributed by atoms with Crippen LogP contribution in [0.2, 0.25) is 0 Å². The van der Waals surface area contributed by atoms with Crippen molar-refractivity contribution in [2.75, 3.05) is 7.11 Å². The average molecular weight is 452 g/mol. The molecule has 0 spiro atoms. The van der Waals surface area contributed by atoms with Crippen LogP contribution < -0.4 is 14.9 Å². The zero-order chi connectivity index (χ0) is 23.9. The first-order chi connectivity index (χ1) is 15.6. The van der Waals surface area contributed by atoms with E-state index in [1.54, 1.807) is 19.9 Å². The highest BCUT2D eigenvalue weighted by molar-refractivity contribution is 5.90. The van der Waals surface area contributed by atoms with Gasteiger partial charge in [0.05, 0.1) is 12.7 Å². The van der Waals surface area contributed by atoms with Gasteiger partial charge in [-0.3, -0.25) is 14.4 Å². The normalized spacial score (nSPS) is 18.7. The number of hydrogen-bond donors (Lipinski definition) is 0. The minimum atomic E-state index is -1.08. The Morgan fingerprint density at radius 1 is 1.00 bits per heavy atom. The molecule has 1 aromatic heterocycles. The van der Waals surface area contributed by atoms with Gasteiger partial charge in [0.2, 0.25) is 0 Å². The van der Waals surface area contributed by atoms with Crippen LogP contribution in [-0.4, -0.2) is 30.8 Å². The summed E-state index contributed by atoms with van der Waals surface area (Å²) in [4.78, 5) is 37.1. The maximum Gasteiger partial charge on any atom is 0.303 e. The summed E-state index contributed by atoms with van der Waals surface area (Å²) in [5.74, 6) is -0.292. The van der Waals surface area contributed by atoms with Crippen LogP contribution in [0.15, 0.2) is 51.7 Å². The molecule has 2 heterocycles. The summed E-state index contributed by atoms with van der Waals surface area (Å²) in [5.41, 5.74) is -0.290. The number of carbonyl (C=O) groups excluding carboxylic acids is 2. The third-order valence-corrected chi connectivity index (χ3v) is 5.45. The summed E-state index contributed by atoms with van der Waals surface area (Å²) in [6.45, 7) is 5.95. The highest BCUT2D eigenvalue weighted by atomic mass is 16.6. The quantitative estimate of drug-likeness (QED) is 0.544. The van der Waals surface area contributed by atoms with E-state index in [4.69, 9.17) is 23.4 Å². The Hall–Kier alpha value is -3.81. The molecule has 0 saturated carbocycles. The van der Waals surface area contributed by atoms with E-state index in [9.17, 15) is 14.4 Å². The summed E-state index contributed by atoms with van der Waals surface area (Å²) < 4.78 is 29.0. The van der Waals surface area contributed by atoms with Crippen LogP contribution >= 0.6 is 0 Å². The van der Waals surface area contributed by atoms with Gasteiger partial charge in [0.1, 0.15) is 28.2 Å². The molecular weight excluding hydrogens is 428 g/mol. The van der Waals surface area contributed by atoms with Crippen LogP contribution in [0, 0.1) is 0 Å². The van der Waals surface area contributed by atoms with Gasteiger partial charge >= 0.3 is 11.9 Å². The van der Waals surface area contributed by atoms with E-state index in [0.717, 1.165) is 0 Å². The molecule has 8 nitrogen and oxygen atoms in total. The maximum absolute atomic E-state index is 13.2. The Morgan fingerprint density at radius 2 is 1.67 bits per heavy atom. The van der Waals surface area contributed by atoms with E-state index >= 15 is 0 Å². The van der Waals surface area contributed by atoms with Gasteiger partial charge in [-0.15, -0.1) is 0 Å². The van der Waals surface area contributed by atoms with Crippen molar-refractivity contribution < 1.29 is 33.0 Å². The summed E-state index contributed by atoms with van der Waals surface area (Å²) in [7, 11) is 1.44. The molecular formula is C25H24O8. The van der Waals surface area contributed by atoms with Crippen molar-refractivity contribution >= 4 is 22.9 Å². The van der Waals surface area contributed by atoms with Crippen molar-refractivity contribution in [3.63, 3.8) is 0 Å². The molecule has 1 aliphatic rings. The zero-order valence-electron chi connectivity index (χ0n) is 19.0. The van der Waals surface area contributed by atoms with Crippen molar-refractivity contribution in [1.82, 2.24) is 0 Å². The predicted molar refractivity (Wildman–Crippen MR) is 119 cm³/mol. The van der Waals surface area contributed by atoms with Crippen molar-refractivity contribution in [1.29, 1.82) is 0 Å². The third-order valence-electron chi connectivity index (χ3n) is 5.45. The highest BCUT2D eigenvalue weighted by Crippen LogP contribution is 2.49. The lowest BCUT2D eigenvalue weighted by atomic mass is 9.86. The number of benzene rings is 2. The predicted octanol–water partition coefficient (Wildman–Crippen LogP) is 4.18. The fourth-order valence-corrected chi connectivity index (χ4v) is 4.10.